The zero-order valence-electron chi connectivity index (χ0n) is 50.5. The maximum atomic E-state index is 7.01. The molecule has 0 aromatic carbocycles. The van der Waals surface area contributed by atoms with Crippen LogP contribution in [0.4, 0.5) is 0 Å². The molecule has 3 unspecified atom stereocenters. The summed E-state index contributed by atoms with van der Waals surface area (Å²) < 4.78 is 41.0. The van der Waals surface area contributed by atoms with Gasteiger partial charge in [0.15, 0.2) is 16.6 Å². The molecule has 426 valence electrons. The maximum Gasteiger partial charge on any atom is 0.323 e. The molecule has 0 amide bonds. The predicted molar refractivity (Wildman–Crippen MR) is 321 cm³/mol. The van der Waals surface area contributed by atoms with Gasteiger partial charge in [-0.05, 0) is 168 Å². The maximum absolute atomic E-state index is 7.01. The molecule has 3 atom stereocenters. The van der Waals surface area contributed by atoms with Gasteiger partial charge in [0.25, 0.3) is 0 Å². The average Bonchev–Trinajstić information content (AvgIpc) is 3.71. The largest absolute Gasteiger partial charge is 0.436 e. The van der Waals surface area contributed by atoms with Crippen molar-refractivity contribution >= 4 is 33.8 Å². The van der Waals surface area contributed by atoms with E-state index in [0.717, 1.165) is 57.8 Å². The third-order valence-corrected chi connectivity index (χ3v) is 28.2. The molecule has 8 nitrogen and oxygen atoms in total. The fraction of sp³-hybridized carbons (Fsp3) is 1.00. The van der Waals surface area contributed by atoms with Gasteiger partial charge in [0, 0.05) is 19.3 Å². The molecule has 0 saturated carbocycles. The Kier molecular flexibility index (Phi) is 42.6. The van der Waals surface area contributed by atoms with E-state index in [4.69, 9.17) is 26.6 Å². The monoisotopic (exact) mass is 1070 g/mol. The number of hydrogen-bond acceptors (Lipinski definition) is 8. The Morgan fingerprint density at radius 2 is 0.789 bits per heavy atom. The molecule has 0 N–H and O–H groups in total. The number of unbranched alkanes of at least 4 members (excludes halogenated alkanes) is 24. The van der Waals surface area contributed by atoms with E-state index in [1.54, 1.807) is 0 Å². The zero-order valence-corrected chi connectivity index (χ0v) is 54.5. The van der Waals surface area contributed by atoms with Crippen LogP contribution < -0.4 is 0 Å². The SMILES string of the molecule is CCCCCCCCOC(CCCCCN(CCCCCC(OCCCCCCCC)O[Si](C)(C)O[Si](C)(C)CCCCCCCC)CCC1CCCN1C)O[Si](C)(C)O[Si](C)(C)CCCCCCCC. The highest BCUT2D eigenvalue weighted by atomic mass is 28.4. The third kappa shape index (κ3) is 41.3. The van der Waals surface area contributed by atoms with Crippen molar-refractivity contribution in [3.05, 3.63) is 0 Å². The summed E-state index contributed by atoms with van der Waals surface area (Å²) in [7, 11) is -6.00. The van der Waals surface area contributed by atoms with Gasteiger partial charge in [-0.15, -0.1) is 0 Å². The molecule has 1 rings (SSSR count). The Bertz CT molecular complexity index is 1110. The van der Waals surface area contributed by atoms with Crippen LogP contribution in [0.5, 0.6) is 0 Å². The second-order valence-corrected chi connectivity index (χ2v) is 40.3. The smallest absolute Gasteiger partial charge is 0.323 e. The van der Waals surface area contributed by atoms with Gasteiger partial charge in [0.2, 0.25) is 0 Å². The van der Waals surface area contributed by atoms with E-state index in [9.17, 15) is 0 Å². The van der Waals surface area contributed by atoms with Crippen LogP contribution in [0.3, 0.4) is 0 Å². The van der Waals surface area contributed by atoms with Gasteiger partial charge in [-0.1, -0.05) is 182 Å². The van der Waals surface area contributed by atoms with Gasteiger partial charge in [0.05, 0.1) is 0 Å². The molecular weight excluding hydrogens is 945 g/mol. The Labute approximate surface area is 449 Å². The molecule has 1 saturated heterocycles. The van der Waals surface area contributed by atoms with Crippen LogP contribution >= 0.6 is 0 Å². The van der Waals surface area contributed by atoms with Gasteiger partial charge in [0.1, 0.15) is 12.6 Å². The van der Waals surface area contributed by atoms with Crippen molar-refractivity contribution in [2.24, 2.45) is 0 Å². The fourth-order valence-electron chi connectivity index (χ4n) is 11.0. The summed E-state index contributed by atoms with van der Waals surface area (Å²) in [5, 5.41) is 0. The minimum atomic E-state index is -2.35. The Balaban J connectivity index is 2.84. The van der Waals surface area contributed by atoms with Crippen LogP contribution in [-0.2, 0) is 26.6 Å². The van der Waals surface area contributed by atoms with E-state index in [0.29, 0.717) is 0 Å². The highest BCUT2D eigenvalue weighted by Gasteiger charge is 2.38. The number of likely N-dealkylation sites (tertiary alicyclic amines) is 1. The first-order chi connectivity index (χ1) is 34.0. The standard InChI is InChI=1S/C59H128N2O6Si4/c1-14-18-22-26-30-40-53-62-58(64-70(10,11)66-68(6,7)55-42-32-28-24-20-16-3)46-36-34-38-50-61(52-48-57-45-44-49-60(57)5)51-39-35-37-47-59(63-54-41-31-27-23-19-15-2)65-71(12,13)67-69(8,9)56-43-33-29-25-21-17-4/h57-59H,14-56H2,1-13H3. The first-order valence-electron chi connectivity index (χ1n) is 31.4. The molecule has 1 fully saturated rings. The number of nitrogens with zero attached hydrogens (tertiary/aromatic N) is 2. The van der Waals surface area contributed by atoms with Crippen molar-refractivity contribution in [1.82, 2.24) is 9.80 Å². The summed E-state index contributed by atoms with van der Waals surface area (Å²) in [6.45, 7) is 34.4. The van der Waals surface area contributed by atoms with Gasteiger partial charge in [-0.25, -0.2) is 0 Å². The molecule has 0 aromatic heterocycles. The highest BCUT2D eigenvalue weighted by Crippen LogP contribution is 2.28. The fourth-order valence-corrected chi connectivity index (χ4v) is 26.7. The summed E-state index contributed by atoms with van der Waals surface area (Å²) in [6.07, 6.45) is 44.3. The summed E-state index contributed by atoms with van der Waals surface area (Å²) >= 11 is 0. The molecule has 1 heterocycles. The number of hydrogen-bond donors (Lipinski definition) is 0. The van der Waals surface area contributed by atoms with Crippen LogP contribution in [0.1, 0.15) is 252 Å². The minimum Gasteiger partial charge on any atom is -0.436 e. The van der Waals surface area contributed by atoms with Crippen molar-refractivity contribution in [1.29, 1.82) is 0 Å². The minimum absolute atomic E-state index is 0.152. The summed E-state index contributed by atoms with van der Waals surface area (Å²) in [6, 6.07) is 3.20. The van der Waals surface area contributed by atoms with E-state index in [-0.39, 0.29) is 12.6 Å². The normalized spacial score (nSPS) is 16.2. The van der Waals surface area contributed by atoms with E-state index in [1.807, 2.05) is 0 Å². The lowest BCUT2D eigenvalue weighted by molar-refractivity contribution is -0.100. The molecule has 0 spiro atoms. The van der Waals surface area contributed by atoms with Crippen LogP contribution in [0.15, 0.2) is 0 Å². The molecule has 71 heavy (non-hydrogen) atoms. The van der Waals surface area contributed by atoms with E-state index < -0.39 is 33.8 Å². The van der Waals surface area contributed by atoms with Crippen LogP contribution in [0.25, 0.3) is 0 Å². The molecular formula is C59H128N2O6Si4. The Morgan fingerprint density at radius 3 is 1.15 bits per heavy atom. The summed E-state index contributed by atoms with van der Waals surface area (Å²) in [4.78, 5) is 5.41. The second kappa shape index (κ2) is 43.5. The number of ether oxygens (including phenoxy) is 2. The van der Waals surface area contributed by atoms with E-state index in [1.165, 1.54) is 224 Å². The van der Waals surface area contributed by atoms with Gasteiger partial charge >= 0.3 is 17.1 Å². The Hall–Kier alpha value is 0.548. The predicted octanol–water partition coefficient (Wildman–Crippen LogP) is 18.9. The first kappa shape index (κ1) is 69.6. The van der Waals surface area contributed by atoms with Crippen molar-refractivity contribution in [3.63, 3.8) is 0 Å². The van der Waals surface area contributed by atoms with Crippen LogP contribution in [-0.4, -0.2) is 109 Å². The topological polar surface area (TPSA) is 61.9 Å². The Morgan fingerprint density at radius 1 is 0.437 bits per heavy atom. The van der Waals surface area contributed by atoms with Crippen molar-refractivity contribution in [2.75, 3.05) is 46.4 Å². The highest BCUT2D eigenvalue weighted by molar-refractivity contribution is 6.82. The average molecular weight is 1070 g/mol. The third-order valence-electron chi connectivity index (χ3n) is 15.0. The molecule has 0 aliphatic carbocycles. The second-order valence-electron chi connectivity index (χ2n) is 24.5. The first-order valence-corrected chi connectivity index (χ1v) is 43.2. The molecule has 0 radical (unpaired) electrons. The quantitative estimate of drug-likeness (QED) is 0.0339. The van der Waals surface area contributed by atoms with Crippen LogP contribution in [0, 0.1) is 0 Å². The van der Waals surface area contributed by atoms with Gasteiger partial charge in [-0.2, -0.15) is 0 Å². The molecule has 1 aliphatic rings. The van der Waals surface area contributed by atoms with Gasteiger partial charge < -0.3 is 36.4 Å². The molecule has 0 aromatic rings. The van der Waals surface area contributed by atoms with Crippen molar-refractivity contribution in [3.8, 4) is 0 Å². The summed E-state index contributed by atoms with van der Waals surface area (Å²) in [5.41, 5.74) is 0. The summed E-state index contributed by atoms with van der Waals surface area (Å²) in [5.74, 6) is 0. The lowest BCUT2D eigenvalue weighted by Gasteiger charge is -2.36. The van der Waals surface area contributed by atoms with Gasteiger partial charge in [-0.3, -0.25) is 0 Å². The molecule has 1 aliphatic heterocycles. The van der Waals surface area contributed by atoms with E-state index in [2.05, 4.69) is 96.9 Å². The lowest BCUT2D eigenvalue weighted by Crippen LogP contribution is -2.48. The van der Waals surface area contributed by atoms with Crippen LogP contribution in [0.2, 0.25) is 64.5 Å². The molecule has 0 bridgehead atoms. The molecule has 12 heteroatoms. The van der Waals surface area contributed by atoms with Crippen molar-refractivity contribution < 1.29 is 26.6 Å². The number of rotatable bonds is 53. The lowest BCUT2D eigenvalue weighted by atomic mass is 10.1. The van der Waals surface area contributed by atoms with Crippen molar-refractivity contribution in [2.45, 2.75) is 336 Å². The zero-order chi connectivity index (χ0) is 52.5. The van der Waals surface area contributed by atoms with E-state index >= 15 is 0 Å².